The molecular weight excluding hydrogens is 401 g/mol. The number of carbonyl (C=O) groups excluding carboxylic acids is 3. The van der Waals surface area contributed by atoms with Gasteiger partial charge in [-0.1, -0.05) is 18.2 Å². The Morgan fingerprint density at radius 2 is 1.81 bits per heavy atom. The third-order valence-corrected chi connectivity index (χ3v) is 5.37. The van der Waals surface area contributed by atoms with E-state index in [1.807, 2.05) is 18.2 Å². The number of ketones is 1. The fraction of sp³-hybridized carbons (Fsp3) is 0.261. The molecule has 2 aromatic carbocycles. The minimum Gasteiger partial charge on any atom is -0.446 e. The van der Waals surface area contributed by atoms with Gasteiger partial charge in [-0.25, -0.2) is 9.18 Å². The highest BCUT2D eigenvalue weighted by atomic mass is 19.1. The zero-order valence-corrected chi connectivity index (χ0v) is 16.7. The van der Waals surface area contributed by atoms with Gasteiger partial charge in [-0.15, -0.1) is 0 Å². The van der Waals surface area contributed by atoms with E-state index < -0.39 is 23.6 Å². The summed E-state index contributed by atoms with van der Waals surface area (Å²) in [7, 11) is 0. The van der Waals surface area contributed by atoms with Crippen molar-refractivity contribution in [3.63, 3.8) is 0 Å². The van der Waals surface area contributed by atoms with E-state index in [1.165, 1.54) is 24.3 Å². The van der Waals surface area contributed by atoms with Crippen molar-refractivity contribution in [3.8, 4) is 0 Å². The fourth-order valence-corrected chi connectivity index (χ4v) is 3.85. The van der Waals surface area contributed by atoms with Crippen LogP contribution in [0, 0.1) is 5.82 Å². The lowest BCUT2D eigenvalue weighted by Crippen LogP contribution is -2.43. The number of halogens is 1. The van der Waals surface area contributed by atoms with Gasteiger partial charge in [0.2, 0.25) is 0 Å². The van der Waals surface area contributed by atoms with Crippen LogP contribution in [-0.4, -0.2) is 34.9 Å². The van der Waals surface area contributed by atoms with Gasteiger partial charge >= 0.3 is 6.09 Å². The summed E-state index contributed by atoms with van der Waals surface area (Å²) in [5, 5.41) is 6.03. The van der Waals surface area contributed by atoms with Crippen molar-refractivity contribution in [1.29, 1.82) is 0 Å². The summed E-state index contributed by atoms with van der Waals surface area (Å²) in [5.41, 5.74) is 1.55. The molecule has 1 aliphatic rings. The number of fused-ring (bicyclic) bond motifs is 1. The van der Waals surface area contributed by atoms with Crippen LogP contribution in [0.4, 0.5) is 14.9 Å². The number of para-hydroxylation sites is 1. The molecule has 1 heterocycles. The Morgan fingerprint density at radius 1 is 1.03 bits per heavy atom. The predicted octanol–water partition coefficient (Wildman–Crippen LogP) is 4.17. The molecule has 3 aromatic rings. The molecule has 4 rings (SSSR count). The third-order valence-electron chi connectivity index (χ3n) is 5.37. The third kappa shape index (κ3) is 4.91. The normalized spacial score (nSPS) is 18.4. The summed E-state index contributed by atoms with van der Waals surface area (Å²) in [4.78, 5) is 40.3. The molecule has 1 fully saturated rings. The molecule has 0 saturated heterocycles. The average molecular weight is 423 g/mol. The number of aromatic amines is 1. The summed E-state index contributed by atoms with van der Waals surface area (Å²) in [6.45, 7) is 0. The maximum Gasteiger partial charge on any atom is 0.411 e. The molecule has 0 bridgehead atoms. The zero-order chi connectivity index (χ0) is 21.8. The van der Waals surface area contributed by atoms with E-state index in [-0.39, 0.29) is 12.1 Å². The minimum absolute atomic E-state index is 0.265. The predicted molar refractivity (Wildman–Crippen MR) is 113 cm³/mol. The first kappa shape index (κ1) is 20.6. The standard InChI is InChI=1S/C23H22FN3O4/c24-14-8-10-15(11-9-14)27-23(30)31-17-5-3-4-16(12-17)26-22(29)21(28)19-13-25-20-7-2-1-6-18(19)20/h1-2,6-11,13,16-17,25H,3-5,12H2,(H,26,29)(H,27,30)/t16-,17-/m1/s1. The summed E-state index contributed by atoms with van der Waals surface area (Å²) < 4.78 is 18.4. The fourth-order valence-electron chi connectivity index (χ4n) is 3.85. The molecule has 0 unspecified atom stereocenters. The van der Waals surface area contributed by atoms with E-state index in [0.717, 1.165) is 11.9 Å². The maximum absolute atomic E-state index is 13.0. The number of carbonyl (C=O) groups is 3. The second kappa shape index (κ2) is 8.99. The number of Topliss-reactive ketones (excluding diaryl/α,β-unsaturated/α-hetero) is 1. The van der Waals surface area contributed by atoms with Crippen LogP contribution in [0.1, 0.15) is 36.0 Å². The first-order chi connectivity index (χ1) is 15.0. The van der Waals surface area contributed by atoms with Gasteiger partial charge in [0.05, 0.1) is 5.56 Å². The van der Waals surface area contributed by atoms with Crippen molar-refractivity contribution >= 4 is 34.4 Å². The molecular formula is C23H22FN3O4. The van der Waals surface area contributed by atoms with Crippen molar-refractivity contribution < 1.29 is 23.5 Å². The summed E-state index contributed by atoms with van der Waals surface area (Å²) in [5.74, 6) is -1.67. The molecule has 0 spiro atoms. The number of hydrogen-bond acceptors (Lipinski definition) is 4. The van der Waals surface area contributed by atoms with Crippen LogP contribution in [0.25, 0.3) is 10.9 Å². The van der Waals surface area contributed by atoms with Gasteiger partial charge in [0.1, 0.15) is 11.9 Å². The topological polar surface area (TPSA) is 100 Å². The van der Waals surface area contributed by atoms with Crippen LogP contribution >= 0.6 is 0 Å². The number of benzene rings is 2. The Kier molecular flexibility index (Phi) is 5.97. The van der Waals surface area contributed by atoms with Crippen LogP contribution in [-0.2, 0) is 9.53 Å². The Hall–Kier alpha value is -3.68. The molecule has 0 radical (unpaired) electrons. The van der Waals surface area contributed by atoms with E-state index in [9.17, 15) is 18.8 Å². The highest BCUT2D eigenvalue weighted by Crippen LogP contribution is 2.23. The van der Waals surface area contributed by atoms with E-state index >= 15 is 0 Å². The maximum atomic E-state index is 13.0. The Bertz CT molecular complexity index is 1110. The van der Waals surface area contributed by atoms with E-state index in [2.05, 4.69) is 15.6 Å². The summed E-state index contributed by atoms with van der Waals surface area (Å²) >= 11 is 0. The Balaban J connectivity index is 1.32. The molecule has 160 valence electrons. The van der Waals surface area contributed by atoms with Crippen LogP contribution in [0.5, 0.6) is 0 Å². The van der Waals surface area contributed by atoms with Crippen molar-refractivity contribution in [3.05, 3.63) is 66.1 Å². The number of aromatic nitrogens is 1. The second-order valence-corrected chi connectivity index (χ2v) is 7.57. The van der Waals surface area contributed by atoms with Crippen molar-refractivity contribution in [2.24, 2.45) is 0 Å². The first-order valence-electron chi connectivity index (χ1n) is 10.1. The first-order valence-corrected chi connectivity index (χ1v) is 10.1. The number of anilines is 1. The lowest BCUT2D eigenvalue weighted by molar-refractivity contribution is -0.118. The van der Waals surface area contributed by atoms with E-state index in [1.54, 1.807) is 12.3 Å². The molecule has 1 saturated carbocycles. The molecule has 2 atom stereocenters. The lowest BCUT2D eigenvalue weighted by atomic mass is 9.92. The molecule has 8 heteroatoms. The number of rotatable bonds is 5. The SMILES string of the molecule is O=C(Nc1ccc(F)cc1)O[C@@H]1CCC[C@@H](NC(=O)C(=O)c2c[nH]c3ccccc23)C1. The quantitative estimate of drug-likeness (QED) is 0.424. The highest BCUT2D eigenvalue weighted by Gasteiger charge is 2.28. The van der Waals surface area contributed by atoms with E-state index in [0.29, 0.717) is 35.9 Å². The molecule has 0 aliphatic heterocycles. The molecule has 2 amide bonds. The average Bonchev–Trinajstić information content (AvgIpc) is 3.19. The summed E-state index contributed by atoms with van der Waals surface area (Å²) in [6.07, 6.45) is 3.05. The van der Waals surface area contributed by atoms with Gasteiger partial charge < -0.3 is 15.0 Å². The van der Waals surface area contributed by atoms with Crippen LogP contribution < -0.4 is 10.6 Å². The smallest absolute Gasteiger partial charge is 0.411 e. The molecule has 3 N–H and O–H groups in total. The van der Waals surface area contributed by atoms with Gasteiger partial charge in [-0.3, -0.25) is 14.9 Å². The van der Waals surface area contributed by atoms with Gasteiger partial charge in [-0.2, -0.15) is 0 Å². The molecule has 31 heavy (non-hydrogen) atoms. The largest absolute Gasteiger partial charge is 0.446 e. The van der Waals surface area contributed by atoms with Gasteiger partial charge in [0, 0.05) is 35.2 Å². The highest BCUT2D eigenvalue weighted by molar-refractivity contribution is 6.45. The van der Waals surface area contributed by atoms with Crippen LogP contribution in [0.2, 0.25) is 0 Å². The second-order valence-electron chi connectivity index (χ2n) is 7.57. The monoisotopic (exact) mass is 423 g/mol. The number of nitrogens with one attached hydrogen (secondary N) is 3. The van der Waals surface area contributed by atoms with Crippen molar-refractivity contribution in [1.82, 2.24) is 10.3 Å². The minimum atomic E-state index is -0.675. The molecule has 7 nitrogen and oxygen atoms in total. The van der Waals surface area contributed by atoms with Gasteiger partial charge in [0.15, 0.2) is 0 Å². The Morgan fingerprint density at radius 3 is 2.61 bits per heavy atom. The van der Waals surface area contributed by atoms with Gasteiger partial charge in [-0.05, 0) is 49.6 Å². The van der Waals surface area contributed by atoms with Crippen molar-refractivity contribution in [2.45, 2.75) is 37.8 Å². The van der Waals surface area contributed by atoms with Crippen LogP contribution in [0.3, 0.4) is 0 Å². The lowest BCUT2D eigenvalue weighted by Gasteiger charge is -2.29. The summed E-state index contributed by atoms with van der Waals surface area (Å²) in [6, 6.07) is 12.4. The number of ether oxygens (including phenoxy) is 1. The molecule has 1 aliphatic carbocycles. The van der Waals surface area contributed by atoms with Crippen LogP contribution in [0.15, 0.2) is 54.7 Å². The number of hydrogen-bond donors (Lipinski definition) is 3. The van der Waals surface area contributed by atoms with E-state index in [4.69, 9.17) is 4.74 Å². The zero-order valence-electron chi connectivity index (χ0n) is 16.7. The van der Waals surface area contributed by atoms with Gasteiger partial charge in [0.25, 0.3) is 11.7 Å². The Labute approximate surface area is 178 Å². The number of amides is 2. The molecule has 1 aromatic heterocycles. The number of H-pyrrole nitrogens is 1. The van der Waals surface area contributed by atoms with Crippen molar-refractivity contribution in [2.75, 3.05) is 5.32 Å².